The van der Waals surface area contributed by atoms with Crippen molar-refractivity contribution in [3.8, 4) is 5.75 Å². The number of hydrogen-bond donors (Lipinski definition) is 1. The van der Waals surface area contributed by atoms with Crippen molar-refractivity contribution in [1.29, 1.82) is 0 Å². The lowest BCUT2D eigenvalue weighted by molar-refractivity contribution is 0.103. The number of carbonyl (C=O) groups excluding carboxylic acids is 2. The topological polar surface area (TPSA) is 72.8 Å². The van der Waals surface area contributed by atoms with Crippen LogP contribution < -0.4 is 0 Å². The number of hydrogen-bond acceptors (Lipinski definition) is 5. The number of benzene rings is 2. The molecule has 0 saturated heterocycles. The summed E-state index contributed by atoms with van der Waals surface area (Å²) in [4.78, 5) is 23.6. The van der Waals surface area contributed by atoms with Crippen molar-refractivity contribution >= 4 is 23.8 Å². The Balaban J connectivity index is 1.90. The number of aromatic hydroxyl groups is 1. The van der Waals surface area contributed by atoms with E-state index < -0.39 is 6.16 Å². The van der Waals surface area contributed by atoms with Crippen molar-refractivity contribution in [2.24, 2.45) is 0 Å². The van der Waals surface area contributed by atoms with Crippen LogP contribution in [0.5, 0.6) is 5.75 Å². The summed E-state index contributed by atoms with van der Waals surface area (Å²) >= 11 is 0. The molecular weight excluding hydrogens is 296 g/mol. The number of fused-ring (bicyclic) bond motifs is 1. The van der Waals surface area contributed by atoms with E-state index in [-0.39, 0.29) is 17.1 Å². The smallest absolute Gasteiger partial charge is 0.507 e. The van der Waals surface area contributed by atoms with Crippen LogP contribution in [0, 0.1) is 6.92 Å². The van der Waals surface area contributed by atoms with Crippen LogP contribution in [-0.4, -0.2) is 24.2 Å². The Morgan fingerprint density at radius 3 is 2.61 bits per heavy atom. The number of ether oxygens (including phenoxy) is 2. The molecule has 0 aromatic heterocycles. The molecular formula is C18H14O5. The van der Waals surface area contributed by atoms with Gasteiger partial charge in [-0.1, -0.05) is 23.8 Å². The fourth-order valence-corrected chi connectivity index (χ4v) is 2.42. The zero-order valence-electron chi connectivity index (χ0n) is 12.6. The predicted molar refractivity (Wildman–Crippen MR) is 84.1 cm³/mol. The third-order valence-corrected chi connectivity index (χ3v) is 3.60. The van der Waals surface area contributed by atoms with Crippen LogP contribution in [-0.2, 0) is 9.47 Å². The minimum atomic E-state index is -0.832. The van der Waals surface area contributed by atoms with E-state index in [2.05, 4.69) is 4.74 Å². The molecule has 1 aliphatic carbocycles. The van der Waals surface area contributed by atoms with Gasteiger partial charge in [-0.25, -0.2) is 4.79 Å². The Morgan fingerprint density at radius 2 is 1.91 bits per heavy atom. The first-order valence-corrected chi connectivity index (χ1v) is 6.96. The van der Waals surface area contributed by atoms with Crippen LogP contribution in [0.15, 0.2) is 36.4 Å². The standard InChI is InChI=1S/C18H14O5/c1-10-4-3-5-11(6-10)17(20)14-7-12-8-16(23-18(21)22-2)13(12)9-15(14)19/h3-9,19H,1-2H3. The molecule has 1 aliphatic rings. The van der Waals surface area contributed by atoms with Gasteiger partial charge in [-0.2, -0.15) is 0 Å². The monoisotopic (exact) mass is 310 g/mol. The van der Waals surface area contributed by atoms with Gasteiger partial charge < -0.3 is 14.6 Å². The highest BCUT2D eigenvalue weighted by molar-refractivity contribution is 6.12. The van der Waals surface area contributed by atoms with Gasteiger partial charge in [0, 0.05) is 11.1 Å². The van der Waals surface area contributed by atoms with Gasteiger partial charge in [0.2, 0.25) is 0 Å². The van der Waals surface area contributed by atoms with Crippen LogP contribution in [0.2, 0.25) is 0 Å². The number of aryl methyl sites for hydroxylation is 1. The fourth-order valence-electron chi connectivity index (χ4n) is 2.42. The molecule has 0 unspecified atom stereocenters. The number of ketones is 1. The van der Waals surface area contributed by atoms with Crippen molar-refractivity contribution in [2.45, 2.75) is 6.92 Å². The molecule has 0 bridgehead atoms. The highest BCUT2D eigenvalue weighted by Gasteiger charge is 2.25. The molecule has 0 aliphatic heterocycles. The fraction of sp³-hybridized carbons (Fsp3) is 0.111. The summed E-state index contributed by atoms with van der Waals surface area (Å²) in [5, 5.41) is 10.1. The van der Waals surface area contributed by atoms with Gasteiger partial charge in [-0.3, -0.25) is 4.79 Å². The summed E-state index contributed by atoms with van der Waals surface area (Å²) in [5.74, 6) is -0.115. The molecule has 0 saturated carbocycles. The first-order chi connectivity index (χ1) is 11.0. The lowest BCUT2D eigenvalue weighted by Crippen LogP contribution is -2.11. The zero-order valence-corrected chi connectivity index (χ0v) is 12.6. The number of rotatable bonds is 3. The molecule has 1 N–H and O–H groups in total. The van der Waals surface area contributed by atoms with E-state index in [0.717, 1.165) is 11.1 Å². The van der Waals surface area contributed by atoms with Gasteiger partial charge in [0.15, 0.2) is 5.78 Å². The van der Waals surface area contributed by atoms with E-state index in [1.165, 1.54) is 13.2 Å². The van der Waals surface area contributed by atoms with Crippen molar-refractivity contribution in [2.75, 3.05) is 7.11 Å². The Bertz CT molecular complexity index is 848. The molecule has 5 nitrogen and oxygen atoms in total. The average molecular weight is 310 g/mol. The van der Waals surface area contributed by atoms with Gasteiger partial charge in [-0.05, 0) is 36.8 Å². The second-order valence-electron chi connectivity index (χ2n) is 5.22. The molecule has 23 heavy (non-hydrogen) atoms. The van der Waals surface area contributed by atoms with Gasteiger partial charge in [0.1, 0.15) is 11.5 Å². The quantitative estimate of drug-likeness (QED) is 0.693. The molecule has 0 amide bonds. The van der Waals surface area contributed by atoms with E-state index in [1.807, 2.05) is 13.0 Å². The molecule has 116 valence electrons. The Labute approximate surface area is 132 Å². The van der Waals surface area contributed by atoms with E-state index in [9.17, 15) is 14.7 Å². The second kappa shape index (κ2) is 5.61. The summed E-state index contributed by atoms with van der Waals surface area (Å²) < 4.78 is 9.34. The maximum atomic E-state index is 12.5. The van der Waals surface area contributed by atoms with Gasteiger partial charge >= 0.3 is 6.16 Å². The van der Waals surface area contributed by atoms with Crippen LogP contribution in [0.4, 0.5) is 4.79 Å². The summed E-state index contributed by atoms with van der Waals surface area (Å²) in [6.07, 6.45) is 0.778. The molecule has 0 radical (unpaired) electrons. The number of carbonyl (C=O) groups is 2. The second-order valence-corrected chi connectivity index (χ2v) is 5.22. The normalized spacial score (nSPS) is 11.8. The van der Waals surface area contributed by atoms with Gasteiger partial charge in [0.05, 0.1) is 12.7 Å². The third kappa shape index (κ3) is 2.68. The van der Waals surface area contributed by atoms with Gasteiger partial charge in [-0.15, -0.1) is 0 Å². The molecule has 0 spiro atoms. The predicted octanol–water partition coefficient (Wildman–Crippen LogP) is 3.53. The number of methoxy groups -OCH3 is 1. The van der Waals surface area contributed by atoms with Crippen molar-refractivity contribution in [3.63, 3.8) is 0 Å². The van der Waals surface area contributed by atoms with E-state index >= 15 is 0 Å². The van der Waals surface area contributed by atoms with Crippen molar-refractivity contribution < 1.29 is 24.2 Å². The van der Waals surface area contributed by atoms with Crippen LogP contribution in [0.25, 0.3) is 11.8 Å². The third-order valence-electron chi connectivity index (χ3n) is 3.60. The molecule has 2 aromatic rings. The van der Waals surface area contributed by atoms with Crippen LogP contribution >= 0.6 is 0 Å². The molecule has 2 aromatic carbocycles. The van der Waals surface area contributed by atoms with E-state index in [1.54, 1.807) is 30.3 Å². The van der Waals surface area contributed by atoms with E-state index in [4.69, 9.17) is 4.74 Å². The van der Waals surface area contributed by atoms with E-state index in [0.29, 0.717) is 16.9 Å². The lowest BCUT2D eigenvalue weighted by Gasteiger charge is -2.20. The highest BCUT2D eigenvalue weighted by atomic mass is 16.7. The summed E-state index contributed by atoms with van der Waals surface area (Å²) in [6, 6.07) is 10.2. The van der Waals surface area contributed by atoms with Crippen LogP contribution in [0.1, 0.15) is 32.6 Å². The van der Waals surface area contributed by atoms with Crippen molar-refractivity contribution in [3.05, 3.63) is 64.2 Å². The lowest BCUT2D eigenvalue weighted by atomic mass is 9.90. The van der Waals surface area contributed by atoms with Gasteiger partial charge in [0.25, 0.3) is 0 Å². The largest absolute Gasteiger partial charge is 0.513 e. The SMILES string of the molecule is COC(=O)OC1=Cc2cc(C(=O)c3cccc(C)c3)c(O)cc21. The molecule has 3 rings (SSSR count). The zero-order chi connectivity index (χ0) is 16.6. The molecule has 0 atom stereocenters. The summed E-state index contributed by atoms with van der Waals surface area (Å²) in [5.41, 5.74) is 2.97. The average Bonchev–Trinajstić information content (AvgIpc) is 2.53. The summed E-state index contributed by atoms with van der Waals surface area (Å²) in [6.45, 7) is 1.90. The first kappa shape index (κ1) is 14.8. The van der Waals surface area contributed by atoms with Crippen molar-refractivity contribution in [1.82, 2.24) is 0 Å². The maximum Gasteiger partial charge on any atom is 0.513 e. The number of phenolic OH excluding ortho intramolecular Hbond substituents is 1. The summed E-state index contributed by atoms with van der Waals surface area (Å²) in [7, 11) is 1.21. The number of phenols is 1. The minimum Gasteiger partial charge on any atom is -0.507 e. The Hall–Kier alpha value is -3.08. The van der Waals surface area contributed by atoms with Crippen LogP contribution in [0.3, 0.4) is 0 Å². The highest BCUT2D eigenvalue weighted by Crippen LogP contribution is 2.38. The molecule has 0 heterocycles. The Morgan fingerprint density at radius 1 is 1.13 bits per heavy atom. The maximum absolute atomic E-state index is 12.5. The Kier molecular flexibility index (Phi) is 3.62. The first-order valence-electron chi connectivity index (χ1n) is 6.96. The minimum absolute atomic E-state index is 0.158. The molecule has 0 fully saturated rings. The molecule has 5 heteroatoms.